The van der Waals surface area contributed by atoms with Gasteiger partial charge in [-0.25, -0.2) is 14.4 Å². The molecule has 8 heteroatoms. The summed E-state index contributed by atoms with van der Waals surface area (Å²) in [6.45, 7) is 1.71. The molecule has 0 unspecified atom stereocenters. The Balaban J connectivity index is 1.42. The summed E-state index contributed by atoms with van der Waals surface area (Å²) in [5.41, 5.74) is 0.918. The Morgan fingerprint density at radius 1 is 0.694 bits per heavy atom. The Morgan fingerprint density at radius 3 is 1.89 bits per heavy atom. The first-order valence-electron chi connectivity index (χ1n) is 11.0. The number of aryl methyl sites for hydroxylation is 1. The summed E-state index contributed by atoms with van der Waals surface area (Å²) in [6, 6.07) is 21.7. The van der Waals surface area contributed by atoms with Crippen molar-refractivity contribution in [2.75, 3.05) is 0 Å². The molecule has 3 aromatic carbocycles. The molecule has 3 heterocycles. The van der Waals surface area contributed by atoms with Crippen LogP contribution in [0.25, 0.3) is 32.9 Å². The predicted octanol–water partition coefficient (Wildman–Crippen LogP) is 6.03. The number of carbonyl (C=O) groups is 2. The predicted molar refractivity (Wildman–Crippen MR) is 130 cm³/mol. The molecule has 0 atom stereocenters. The molecule has 0 aliphatic rings. The summed E-state index contributed by atoms with van der Waals surface area (Å²) in [6.07, 6.45) is 0. The minimum absolute atomic E-state index is 0.0423. The third-order valence-electron chi connectivity index (χ3n) is 5.69. The van der Waals surface area contributed by atoms with E-state index in [0.29, 0.717) is 27.5 Å². The molecule has 0 aliphatic heterocycles. The third-order valence-corrected chi connectivity index (χ3v) is 5.69. The lowest BCUT2D eigenvalue weighted by Gasteiger charge is -2.12. The molecular formula is C28H16O8. The van der Waals surface area contributed by atoms with Crippen LogP contribution >= 0.6 is 0 Å². The first-order valence-corrected chi connectivity index (χ1v) is 11.0. The van der Waals surface area contributed by atoms with Crippen molar-refractivity contribution in [3.63, 3.8) is 0 Å². The van der Waals surface area contributed by atoms with Crippen LogP contribution in [-0.4, -0.2) is 11.9 Å². The first-order chi connectivity index (χ1) is 17.5. The fourth-order valence-corrected chi connectivity index (χ4v) is 3.98. The van der Waals surface area contributed by atoms with Gasteiger partial charge in [0.05, 0.1) is 0 Å². The Kier molecular flexibility index (Phi) is 4.93. The second-order valence-electron chi connectivity index (χ2n) is 8.09. The SMILES string of the molecule is Cc1cc(=O)oc2c(OC(=O)c3cc4ccccc4o3)c(OC(=O)c3cc4ccccc4o3)ccc12. The average molecular weight is 480 g/mol. The number of carbonyl (C=O) groups excluding carboxylic acids is 2. The van der Waals surface area contributed by atoms with Gasteiger partial charge < -0.3 is 22.7 Å². The van der Waals surface area contributed by atoms with Gasteiger partial charge in [-0.15, -0.1) is 0 Å². The number of esters is 2. The maximum absolute atomic E-state index is 13.0. The minimum Gasteiger partial charge on any atom is -0.449 e. The van der Waals surface area contributed by atoms with Crippen molar-refractivity contribution in [2.24, 2.45) is 0 Å². The van der Waals surface area contributed by atoms with E-state index in [1.54, 1.807) is 55.5 Å². The largest absolute Gasteiger partial charge is 0.449 e. The van der Waals surface area contributed by atoms with Crippen molar-refractivity contribution >= 4 is 44.8 Å². The van der Waals surface area contributed by atoms with Crippen LogP contribution in [0.3, 0.4) is 0 Å². The van der Waals surface area contributed by atoms with Gasteiger partial charge in [-0.05, 0) is 48.9 Å². The van der Waals surface area contributed by atoms with Crippen molar-refractivity contribution in [3.05, 3.63) is 106 Å². The van der Waals surface area contributed by atoms with Crippen LogP contribution in [0.2, 0.25) is 0 Å². The van der Waals surface area contributed by atoms with Crippen molar-refractivity contribution in [1.82, 2.24) is 0 Å². The van der Waals surface area contributed by atoms with Crippen LogP contribution in [-0.2, 0) is 0 Å². The number of para-hydroxylation sites is 2. The molecule has 0 N–H and O–H groups in total. The zero-order valence-corrected chi connectivity index (χ0v) is 18.8. The molecule has 0 spiro atoms. The number of hydrogen-bond acceptors (Lipinski definition) is 8. The Hall–Kier alpha value is -5.11. The van der Waals surface area contributed by atoms with Crippen molar-refractivity contribution in [1.29, 1.82) is 0 Å². The first kappa shape index (κ1) is 21.4. The quantitative estimate of drug-likeness (QED) is 0.171. The van der Waals surface area contributed by atoms with E-state index < -0.39 is 17.6 Å². The third kappa shape index (κ3) is 3.70. The summed E-state index contributed by atoms with van der Waals surface area (Å²) in [7, 11) is 0. The second-order valence-corrected chi connectivity index (χ2v) is 8.09. The fraction of sp³-hybridized carbons (Fsp3) is 0.0357. The molecular weight excluding hydrogens is 464 g/mol. The summed E-state index contributed by atoms with van der Waals surface area (Å²) in [5.74, 6) is -2.16. The number of benzene rings is 3. The molecule has 0 radical (unpaired) electrons. The van der Waals surface area contributed by atoms with Crippen molar-refractivity contribution < 1.29 is 32.3 Å². The van der Waals surface area contributed by atoms with Crippen LogP contribution < -0.4 is 15.1 Å². The molecule has 6 rings (SSSR count). The number of rotatable bonds is 4. The van der Waals surface area contributed by atoms with Gasteiger partial charge in [-0.2, -0.15) is 0 Å². The summed E-state index contributed by atoms with van der Waals surface area (Å²) in [5, 5.41) is 1.94. The van der Waals surface area contributed by atoms with Crippen LogP contribution in [0, 0.1) is 6.92 Å². The lowest BCUT2D eigenvalue weighted by atomic mass is 10.1. The molecule has 0 aliphatic carbocycles. The number of fused-ring (bicyclic) bond motifs is 3. The lowest BCUT2D eigenvalue weighted by Crippen LogP contribution is -2.13. The van der Waals surface area contributed by atoms with Crippen molar-refractivity contribution in [3.8, 4) is 11.5 Å². The molecule has 0 amide bonds. The maximum Gasteiger partial charge on any atom is 0.379 e. The van der Waals surface area contributed by atoms with Gasteiger partial charge in [0, 0.05) is 22.2 Å². The van der Waals surface area contributed by atoms with E-state index in [-0.39, 0.29) is 28.6 Å². The molecule has 8 nitrogen and oxygen atoms in total. The van der Waals surface area contributed by atoms with Crippen molar-refractivity contribution in [2.45, 2.75) is 6.92 Å². The van der Waals surface area contributed by atoms with E-state index in [1.165, 1.54) is 18.2 Å². The van der Waals surface area contributed by atoms with E-state index in [1.807, 2.05) is 12.1 Å². The van der Waals surface area contributed by atoms with Crippen LogP contribution in [0.4, 0.5) is 0 Å². The fourth-order valence-electron chi connectivity index (χ4n) is 3.98. The van der Waals surface area contributed by atoms with Gasteiger partial charge in [0.25, 0.3) is 0 Å². The van der Waals surface area contributed by atoms with Gasteiger partial charge in [0.2, 0.25) is 17.3 Å². The van der Waals surface area contributed by atoms with Gasteiger partial charge in [-0.1, -0.05) is 36.4 Å². The highest BCUT2D eigenvalue weighted by molar-refractivity contribution is 5.98. The van der Waals surface area contributed by atoms with E-state index in [0.717, 1.165) is 5.39 Å². The van der Waals surface area contributed by atoms with Crippen LogP contribution in [0.5, 0.6) is 11.5 Å². The standard InChI is InChI=1S/C28H16O8/c1-15-12-24(29)35-25-18(15)10-11-21(34-27(30)22-13-16-6-2-4-8-19(16)32-22)26(25)36-28(31)23-14-17-7-3-5-9-20(17)33-23/h2-14H,1H3. The molecule has 3 aromatic heterocycles. The molecule has 6 aromatic rings. The minimum atomic E-state index is -0.858. The zero-order valence-electron chi connectivity index (χ0n) is 18.8. The van der Waals surface area contributed by atoms with E-state index in [2.05, 4.69) is 0 Å². The van der Waals surface area contributed by atoms with Gasteiger partial charge in [0.1, 0.15) is 11.2 Å². The van der Waals surface area contributed by atoms with Gasteiger partial charge >= 0.3 is 17.6 Å². The molecule has 0 saturated heterocycles. The monoisotopic (exact) mass is 480 g/mol. The highest BCUT2D eigenvalue weighted by Crippen LogP contribution is 2.38. The molecule has 0 fully saturated rings. The van der Waals surface area contributed by atoms with Gasteiger partial charge in [0.15, 0.2) is 11.3 Å². The second kappa shape index (κ2) is 8.28. The Morgan fingerprint density at radius 2 is 1.28 bits per heavy atom. The number of hydrogen-bond donors (Lipinski definition) is 0. The van der Waals surface area contributed by atoms with E-state index in [4.69, 9.17) is 22.7 Å². The molecule has 176 valence electrons. The lowest BCUT2D eigenvalue weighted by molar-refractivity contribution is 0.0652. The average Bonchev–Trinajstić information content (AvgIpc) is 3.50. The smallest absolute Gasteiger partial charge is 0.379 e. The molecule has 0 bridgehead atoms. The number of ether oxygens (including phenoxy) is 2. The normalized spacial score (nSPS) is 11.2. The highest BCUT2D eigenvalue weighted by atomic mass is 16.6. The van der Waals surface area contributed by atoms with E-state index >= 15 is 0 Å². The number of furan rings is 2. The summed E-state index contributed by atoms with van der Waals surface area (Å²) >= 11 is 0. The summed E-state index contributed by atoms with van der Waals surface area (Å²) in [4.78, 5) is 38.1. The highest BCUT2D eigenvalue weighted by Gasteiger charge is 2.24. The summed E-state index contributed by atoms with van der Waals surface area (Å²) < 4.78 is 27.7. The Bertz CT molecular complexity index is 1800. The molecule has 0 saturated carbocycles. The zero-order chi connectivity index (χ0) is 24.8. The van der Waals surface area contributed by atoms with Gasteiger partial charge in [-0.3, -0.25) is 0 Å². The topological polar surface area (TPSA) is 109 Å². The maximum atomic E-state index is 13.0. The van der Waals surface area contributed by atoms with E-state index in [9.17, 15) is 14.4 Å². The van der Waals surface area contributed by atoms with Crippen LogP contribution in [0.1, 0.15) is 26.7 Å². The van der Waals surface area contributed by atoms with Crippen LogP contribution in [0.15, 0.2) is 96.9 Å². The molecule has 36 heavy (non-hydrogen) atoms. The Labute approximate surface area is 202 Å².